The summed E-state index contributed by atoms with van der Waals surface area (Å²) in [4.78, 5) is 30.2. The Hall–Kier alpha value is -2.87. The summed E-state index contributed by atoms with van der Waals surface area (Å²) >= 11 is 13.4. The van der Waals surface area contributed by atoms with Crippen molar-refractivity contribution < 1.29 is 9.18 Å². The van der Waals surface area contributed by atoms with E-state index in [2.05, 4.69) is 10.3 Å². The van der Waals surface area contributed by atoms with Gasteiger partial charge in [0, 0.05) is 0 Å². The van der Waals surface area contributed by atoms with Crippen LogP contribution in [0.2, 0.25) is 10.0 Å². The third-order valence-electron chi connectivity index (χ3n) is 4.38. The highest BCUT2D eigenvalue weighted by Crippen LogP contribution is 2.27. The Labute approximate surface area is 190 Å². The quantitative estimate of drug-likeness (QED) is 0.304. The first-order valence-corrected chi connectivity index (χ1v) is 10.8. The number of aromatic nitrogens is 2. The number of anilines is 1. The zero-order chi connectivity index (χ0) is 22.0. The molecule has 0 radical (unpaired) electrons. The normalized spacial score (nSPS) is 10.9. The van der Waals surface area contributed by atoms with Crippen molar-refractivity contribution in [1.29, 1.82) is 0 Å². The maximum atomic E-state index is 13.2. The molecule has 0 saturated carbocycles. The highest BCUT2D eigenvalue weighted by Gasteiger charge is 2.17. The molecule has 1 N–H and O–H groups in total. The predicted octanol–water partition coefficient (Wildman–Crippen LogP) is 5.56. The van der Waals surface area contributed by atoms with Crippen molar-refractivity contribution >= 4 is 57.5 Å². The van der Waals surface area contributed by atoms with Crippen LogP contribution in [0.4, 0.5) is 10.1 Å². The molecule has 0 aliphatic heterocycles. The molecule has 31 heavy (non-hydrogen) atoms. The molecule has 3 aromatic carbocycles. The Morgan fingerprint density at radius 1 is 1.03 bits per heavy atom. The highest BCUT2D eigenvalue weighted by atomic mass is 35.5. The topological polar surface area (TPSA) is 64.0 Å². The second kappa shape index (κ2) is 9.09. The van der Waals surface area contributed by atoms with Crippen molar-refractivity contribution in [2.45, 2.75) is 5.16 Å². The SMILES string of the molecule is O=C(CSc1nc2ccccc2c(=O)n1-c1ccccc1Cl)Nc1ccc(F)cc1Cl. The maximum Gasteiger partial charge on any atom is 0.266 e. The van der Waals surface area contributed by atoms with E-state index in [1.165, 1.54) is 16.7 Å². The number of amides is 1. The molecule has 0 atom stereocenters. The number of rotatable bonds is 5. The molecular weight excluding hydrogens is 460 g/mol. The lowest BCUT2D eigenvalue weighted by Crippen LogP contribution is -2.23. The number of hydrogen-bond donors (Lipinski definition) is 1. The molecule has 0 bridgehead atoms. The molecule has 156 valence electrons. The number of carbonyl (C=O) groups is 1. The van der Waals surface area contributed by atoms with Crippen LogP contribution in [0, 0.1) is 5.82 Å². The standard InChI is InChI=1S/C22H14Cl2FN3O2S/c23-15-6-2-4-8-19(15)28-21(30)14-5-1-3-7-17(14)27-22(28)31-12-20(29)26-18-10-9-13(25)11-16(18)24/h1-11H,12H2,(H,26,29). The summed E-state index contributed by atoms with van der Waals surface area (Å²) < 4.78 is 14.6. The van der Waals surface area contributed by atoms with E-state index < -0.39 is 5.82 Å². The summed E-state index contributed by atoms with van der Waals surface area (Å²) in [6.07, 6.45) is 0. The number of benzene rings is 3. The largest absolute Gasteiger partial charge is 0.324 e. The number of thioether (sulfide) groups is 1. The minimum atomic E-state index is -0.499. The van der Waals surface area contributed by atoms with Gasteiger partial charge in [-0.25, -0.2) is 9.37 Å². The molecule has 5 nitrogen and oxygen atoms in total. The van der Waals surface area contributed by atoms with Crippen molar-refractivity contribution in [3.63, 3.8) is 0 Å². The van der Waals surface area contributed by atoms with Gasteiger partial charge in [0.25, 0.3) is 5.56 Å². The average molecular weight is 474 g/mol. The van der Waals surface area contributed by atoms with Crippen LogP contribution in [-0.2, 0) is 4.79 Å². The van der Waals surface area contributed by atoms with Gasteiger partial charge < -0.3 is 5.32 Å². The van der Waals surface area contributed by atoms with E-state index in [1.54, 1.807) is 48.5 Å². The zero-order valence-corrected chi connectivity index (χ0v) is 18.1. The van der Waals surface area contributed by atoms with Crippen LogP contribution in [0.3, 0.4) is 0 Å². The Morgan fingerprint density at radius 2 is 1.77 bits per heavy atom. The maximum absolute atomic E-state index is 13.2. The van der Waals surface area contributed by atoms with Gasteiger partial charge >= 0.3 is 0 Å². The lowest BCUT2D eigenvalue weighted by molar-refractivity contribution is -0.113. The van der Waals surface area contributed by atoms with E-state index in [-0.39, 0.29) is 22.2 Å². The molecule has 0 spiro atoms. The number of nitrogens with zero attached hydrogens (tertiary/aromatic N) is 2. The van der Waals surface area contributed by atoms with Gasteiger partial charge in [-0.15, -0.1) is 0 Å². The molecule has 0 saturated heterocycles. The molecule has 1 heterocycles. The van der Waals surface area contributed by atoms with Gasteiger partial charge in [0.2, 0.25) is 5.91 Å². The van der Waals surface area contributed by atoms with Crippen molar-refractivity contribution in [3.8, 4) is 5.69 Å². The van der Waals surface area contributed by atoms with Crippen LogP contribution in [-0.4, -0.2) is 21.2 Å². The summed E-state index contributed by atoms with van der Waals surface area (Å²) in [6.45, 7) is 0. The van der Waals surface area contributed by atoms with E-state index in [0.717, 1.165) is 17.8 Å². The number of carbonyl (C=O) groups excluding carboxylic acids is 1. The average Bonchev–Trinajstić information content (AvgIpc) is 2.75. The lowest BCUT2D eigenvalue weighted by Gasteiger charge is -2.14. The number of para-hydroxylation sites is 2. The second-order valence-electron chi connectivity index (χ2n) is 6.46. The first kappa shape index (κ1) is 21.4. The molecular formula is C22H14Cl2FN3O2S. The molecule has 0 fully saturated rings. The van der Waals surface area contributed by atoms with Crippen molar-refractivity contribution in [2.75, 3.05) is 11.1 Å². The second-order valence-corrected chi connectivity index (χ2v) is 8.22. The summed E-state index contributed by atoms with van der Waals surface area (Å²) in [5.74, 6) is -0.934. The van der Waals surface area contributed by atoms with Gasteiger partial charge in [-0.2, -0.15) is 0 Å². The van der Waals surface area contributed by atoms with Gasteiger partial charge in [-0.05, 0) is 42.5 Å². The highest BCUT2D eigenvalue weighted by molar-refractivity contribution is 7.99. The van der Waals surface area contributed by atoms with Crippen molar-refractivity contribution in [3.05, 3.63) is 92.9 Å². The first-order chi connectivity index (χ1) is 14.9. The predicted molar refractivity (Wildman–Crippen MR) is 123 cm³/mol. The Balaban J connectivity index is 1.68. The van der Waals surface area contributed by atoms with E-state index in [0.29, 0.717) is 32.5 Å². The minimum Gasteiger partial charge on any atom is -0.324 e. The van der Waals surface area contributed by atoms with E-state index in [4.69, 9.17) is 23.2 Å². The minimum absolute atomic E-state index is 0.0526. The molecule has 0 unspecified atom stereocenters. The molecule has 1 aromatic heterocycles. The Kier molecular flexibility index (Phi) is 6.27. The van der Waals surface area contributed by atoms with Gasteiger partial charge in [0.05, 0.1) is 38.1 Å². The van der Waals surface area contributed by atoms with Gasteiger partial charge in [-0.1, -0.05) is 59.2 Å². The zero-order valence-electron chi connectivity index (χ0n) is 15.8. The molecule has 0 aliphatic rings. The Morgan fingerprint density at radius 3 is 2.55 bits per heavy atom. The van der Waals surface area contributed by atoms with Crippen molar-refractivity contribution in [1.82, 2.24) is 9.55 Å². The van der Waals surface area contributed by atoms with E-state index >= 15 is 0 Å². The van der Waals surface area contributed by atoms with Crippen LogP contribution in [0.5, 0.6) is 0 Å². The van der Waals surface area contributed by atoms with E-state index in [1.807, 2.05) is 0 Å². The molecule has 9 heteroatoms. The molecule has 4 rings (SSSR count). The van der Waals surface area contributed by atoms with Gasteiger partial charge in [0.15, 0.2) is 5.16 Å². The summed E-state index contributed by atoms with van der Waals surface area (Å²) in [5, 5.41) is 3.86. The first-order valence-electron chi connectivity index (χ1n) is 9.08. The van der Waals surface area contributed by atoms with E-state index in [9.17, 15) is 14.0 Å². The summed E-state index contributed by atoms with van der Waals surface area (Å²) in [6, 6.07) is 17.6. The third-order valence-corrected chi connectivity index (χ3v) is 5.95. The molecule has 1 amide bonds. The van der Waals surface area contributed by atoms with Crippen LogP contribution >= 0.6 is 35.0 Å². The number of halogens is 3. The van der Waals surface area contributed by atoms with Crippen LogP contribution in [0.1, 0.15) is 0 Å². The van der Waals surface area contributed by atoms with Crippen LogP contribution < -0.4 is 10.9 Å². The number of hydrogen-bond acceptors (Lipinski definition) is 4. The fraction of sp³-hybridized carbons (Fsp3) is 0.0455. The van der Waals surface area contributed by atoms with Crippen LogP contribution in [0.15, 0.2) is 76.7 Å². The molecule has 4 aromatic rings. The van der Waals surface area contributed by atoms with Gasteiger partial charge in [-0.3, -0.25) is 14.2 Å². The van der Waals surface area contributed by atoms with Crippen molar-refractivity contribution in [2.24, 2.45) is 0 Å². The third kappa shape index (κ3) is 4.58. The fourth-order valence-corrected chi connectivity index (χ4v) is 4.20. The molecule has 0 aliphatic carbocycles. The number of fused-ring (bicyclic) bond motifs is 1. The number of nitrogens with one attached hydrogen (secondary N) is 1. The summed E-state index contributed by atoms with van der Waals surface area (Å²) in [7, 11) is 0. The van der Waals surface area contributed by atoms with Crippen LogP contribution in [0.25, 0.3) is 16.6 Å². The fourth-order valence-electron chi connectivity index (χ4n) is 2.96. The monoisotopic (exact) mass is 473 g/mol. The Bertz CT molecular complexity index is 1360. The summed E-state index contributed by atoms with van der Waals surface area (Å²) in [5.41, 5.74) is 0.990. The van der Waals surface area contributed by atoms with Gasteiger partial charge in [0.1, 0.15) is 5.82 Å². The lowest BCUT2D eigenvalue weighted by atomic mass is 10.2. The smallest absolute Gasteiger partial charge is 0.266 e.